The van der Waals surface area contributed by atoms with Gasteiger partial charge in [-0.1, -0.05) is 0 Å². The van der Waals surface area contributed by atoms with Crippen molar-refractivity contribution in [3.63, 3.8) is 0 Å². The van der Waals surface area contributed by atoms with Crippen LogP contribution in [0.4, 0.5) is 0 Å². The van der Waals surface area contributed by atoms with Gasteiger partial charge in [0.05, 0.1) is 6.61 Å². The number of nitrogens with two attached hydrogens (primary N) is 1. The Balaban J connectivity index is 2.67. The van der Waals surface area contributed by atoms with Crippen molar-refractivity contribution in [2.24, 2.45) is 5.90 Å². The molecule has 0 spiro atoms. The Bertz CT molecular complexity index is 210. The molecule has 0 bridgehead atoms. The molecule has 0 aliphatic rings. The molecule has 1 heterocycles. The van der Waals surface area contributed by atoms with Gasteiger partial charge in [-0.3, -0.25) is 0 Å². The second-order valence-electron chi connectivity index (χ2n) is 2.70. The predicted octanol–water partition coefficient (Wildman–Crippen LogP) is 1.06. The van der Waals surface area contributed by atoms with Crippen LogP contribution in [0.3, 0.4) is 0 Å². The summed E-state index contributed by atoms with van der Waals surface area (Å²) in [5.41, 5.74) is 3.80. The van der Waals surface area contributed by atoms with Gasteiger partial charge in [0.1, 0.15) is 0 Å². The summed E-state index contributed by atoms with van der Waals surface area (Å²) in [5, 5.41) is 0. The molecule has 1 rings (SSSR count). The normalized spacial score (nSPS) is 10.5. The number of hydrogen-bond acceptors (Lipinski definition) is 2. The summed E-state index contributed by atoms with van der Waals surface area (Å²) in [6, 6.07) is 0. The van der Waals surface area contributed by atoms with Gasteiger partial charge in [0.15, 0.2) is 0 Å². The van der Waals surface area contributed by atoms with E-state index in [-0.39, 0.29) is 0 Å². The number of hydrogen-bond donors (Lipinski definition) is 2. The molecule has 1 aromatic rings. The van der Waals surface area contributed by atoms with E-state index in [0.29, 0.717) is 6.61 Å². The third-order valence-corrected chi connectivity index (χ3v) is 1.90. The van der Waals surface area contributed by atoms with E-state index < -0.39 is 0 Å². The Morgan fingerprint density at radius 2 is 2.27 bits per heavy atom. The third-order valence-electron chi connectivity index (χ3n) is 1.90. The fourth-order valence-corrected chi connectivity index (χ4v) is 1.23. The summed E-state index contributed by atoms with van der Waals surface area (Å²) in [4.78, 5) is 7.66. The quantitative estimate of drug-likeness (QED) is 0.640. The maximum absolute atomic E-state index is 4.94. The summed E-state index contributed by atoms with van der Waals surface area (Å²) in [6.07, 6.45) is 2.89. The molecule has 0 saturated carbocycles. The number of nitrogens with one attached hydrogen (secondary N) is 1. The molecule has 11 heavy (non-hydrogen) atoms. The summed E-state index contributed by atoms with van der Waals surface area (Å²) >= 11 is 0. The molecule has 3 N–H and O–H groups in total. The van der Waals surface area contributed by atoms with Gasteiger partial charge in [-0.15, -0.1) is 0 Å². The lowest BCUT2D eigenvalue weighted by atomic mass is 10.1. The first kappa shape index (κ1) is 8.30. The molecule has 62 valence electrons. The third kappa shape index (κ3) is 1.82. The Hall–Kier alpha value is -0.800. The lowest BCUT2D eigenvalue weighted by Crippen LogP contribution is -2.04. The van der Waals surface area contributed by atoms with Crippen molar-refractivity contribution in [2.75, 3.05) is 6.61 Å². The van der Waals surface area contributed by atoms with Crippen LogP contribution in [0.25, 0.3) is 0 Å². The van der Waals surface area contributed by atoms with Crippen molar-refractivity contribution in [1.29, 1.82) is 0 Å². The van der Waals surface area contributed by atoms with Crippen molar-refractivity contribution >= 4 is 0 Å². The van der Waals surface area contributed by atoms with E-state index >= 15 is 0 Å². The summed E-state index contributed by atoms with van der Waals surface area (Å²) in [6.45, 7) is 4.72. The number of aromatic nitrogens is 1. The van der Waals surface area contributed by atoms with Gasteiger partial charge in [0, 0.05) is 11.9 Å². The molecule has 0 aliphatic carbocycles. The molecule has 1 aromatic heterocycles. The molecule has 0 radical (unpaired) electrons. The number of H-pyrrole nitrogens is 1. The molecule has 0 amide bonds. The molecule has 0 fully saturated rings. The fourth-order valence-electron chi connectivity index (χ4n) is 1.23. The van der Waals surface area contributed by atoms with Crippen molar-refractivity contribution in [3.8, 4) is 0 Å². The lowest BCUT2D eigenvalue weighted by molar-refractivity contribution is 0.141. The Morgan fingerprint density at radius 3 is 2.73 bits per heavy atom. The highest BCUT2D eigenvalue weighted by Crippen LogP contribution is 2.12. The SMILES string of the molecule is Cc1c[nH]c(C)c1CCON. The number of aryl methyl sites for hydroxylation is 2. The van der Waals surface area contributed by atoms with E-state index in [2.05, 4.69) is 23.7 Å². The zero-order valence-electron chi connectivity index (χ0n) is 6.98. The van der Waals surface area contributed by atoms with Crippen LogP contribution in [0.15, 0.2) is 6.20 Å². The maximum Gasteiger partial charge on any atom is 0.0720 e. The largest absolute Gasteiger partial charge is 0.365 e. The minimum Gasteiger partial charge on any atom is -0.365 e. The molecular weight excluding hydrogens is 140 g/mol. The van der Waals surface area contributed by atoms with Gasteiger partial charge >= 0.3 is 0 Å². The van der Waals surface area contributed by atoms with E-state index in [1.807, 2.05) is 6.20 Å². The first-order valence-corrected chi connectivity index (χ1v) is 3.71. The van der Waals surface area contributed by atoms with Crippen molar-refractivity contribution in [1.82, 2.24) is 4.98 Å². The maximum atomic E-state index is 4.94. The summed E-state index contributed by atoms with van der Waals surface area (Å²) < 4.78 is 0. The van der Waals surface area contributed by atoms with E-state index in [4.69, 9.17) is 5.90 Å². The lowest BCUT2D eigenvalue weighted by Gasteiger charge is -1.99. The molecule has 0 aliphatic heterocycles. The fraction of sp³-hybridized carbons (Fsp3) is 0.500. The Labute approximate surface area is 66.5 Å². The van der Waals surface area contributed by atoms with Gasteiger partial charge in [-0.2, -0.15) is 0 Å². The van der Waals surface area contributed by atoms with Crippen molar-refractivity contribution in [3.05, 3.63) is 23.0 Å². The highest BCUT2D eigenvalue weighted by Gasteiger charge is 2.02. The van der Waals surface area contributed by atoms with Crippen LogP contribution in [0, 0.1) is 13.8 Å². The van der Waals surface area contributed by atoms with E-state index in [1.165, 1.54) is 16.8 Å². The molecule has 0 saturated heterocycles. The van der Waals surface area contributed by atoms with Crippen LogP contribution in [-0.2, 0) is 11.3 Å². The minimum absolute atomic E-state index is 0.583. The monoisotopic (exact) mass is 154 g/mol. The second-order valence-corrected chi connectivity index (χ2v) is 2.70. The van der Waals surface area contributed by atoms with Gasteiger partial charge in [-0.25, -0.2) is 5.90 Å². The summed E-state index contributed by atoms with van der Waals surface area (Å²) in [7, 11) is 0. The molecule has 0 unspecified atom stereocenters. The van der Waals surface area contributed by atoms with Crippen LogP contribution in [0.1, 0.15) is 16.8 Å². The van der Waals surface area contributed by atoms with E-state index in [9.17, 15) is 0 Å². The van der Waals surface area contributed by atoms with E-state index in [0.717, 1.165) is 6.42 Å². The van der Waals surface area contributed by atoms with Crippen LogP contribution < -0.4 is 5.90 Å². The van der Waals surface area contributed by atoms with Gasteiger partial charge < -0.3 is 9.82 Å². The van der Waals surface area contributed by atoms with Gasteiger partial charge in [0.2, 0.25) is 0 Å². The highest BCUT2D eigenvalue weighted by molar-refractivity contribution is 5.28. The molecular formula is C8H14N2O. The number of rotatable bonds is 3. The Kier molecular flexibility index (Phi) is 2.68. The first-order chi connectivity index (χ1) is 5.25. The zero-order chi connectivity index (χ0) is 8.27. The van der Waals surface area contributed by atoms with E-state index in [1.54, 1.807) is 0 Å². The van der Waals surface area contributed by atoms with Crippen LogP contribution in [-0.4, -0.2) is 11.6 Å². The van der Waals surface area contributed by atoms with Crippen molar-refractivity contribution in [2.45, 2.75) is 20.3 Å². The zero-order valence-corrected chi connectivity index (χ0v) is 6.98. The average molecular weight is 154 g/mol. The standard InChI is InChI=1S/C8H14N2O/c1-6-5-10-7(2)8(6)3-4-11-9/h5,10H,3-4,9H2,1-2H3. The smallest absolute Gasteiger partial charge is 0.0720 e. The van der Waals surface area contributed by atoms with Crippen LogP contribution in [0.2, 0.25) is 0 Å². The van der Waals surface area contributed by atoms with Gasteiger partial charge in [0.25, 0.3) is 0 Å². The molecule has 3 nitrogen and oxygen atoms in total. The molecule has 3 heteroatoms. The predicted molar refractivity (Wildman–Crippen MR) is 44.1 cm³/mol. The number of aromatic amines is 1. The van der Waals surface area contributed by atoms with Gasteiger partial charge in [-0.05, 0) is 31.4 Å². The van der Waals surface area contributed by atoms with Crippen LogP contribution >= 0.6 is 0 Å². The second kappa shape index (κ2) is 3.55. The average Bonchev–Trinajstić information content (AvgIpc) is 2.29. The molecule has 0 atom stereocenters. The molecule has 0 aromatic carbocycles. The minimum atomic E-state index is 0.583. The van der Waals surface area contributed by atoms with Crippen LogP contribution in [0.5, 0.6) is 0 Å². The topological polar surface area (TPSA) is 51.0 Å². The summed E-state index contributed by atoms with van der Waals surface area (Å²) in [5.74, 6) is 4.94. The van der Waals surface area contributed by atoms with Crippen molar-refractivity contribution < 1.29 is 4.84 Å². The first-order valence-electron chi connectivity index (χ1n) is 3.71. The highest BCUT2D eigenvalue weighted by atomic mass is 16.6. The Morgan fingerprint density at radius 1 is 1.55 bits per heavy atom.